The fourth-order valence-electron chi connectivity index (χ4n) is 10.2. The van der Waals surface area contributed by atoms with Crippen LogP contribution in [-0.2, 0) is 19.2 Å². The Morgan fingerprint density at radius 1 is 0.523 bits per heavy atom. The summed E-state index contributed by atoms with van der Waals surface area (Å²) in [5.41, 5.74) is 5.35. The Labute approximate surface area is 376 Å². The number of rotatable bonds is 12. The van der Waals surface area contributed by atoms with Crippen molar-refractivity contribution in [3.63, 3.8) is 0 Å². The molecule has 9 rings (SSSR count). The molecule has 2 saturated heterocycles. The Hall–Kier alpha value is -7.60. The number of nitrogens with zero attached hydrogens (tertiary/aromatic N) is 2. The number of fused-ring (bicyclic) bond motifs is 4. The smallest absolute Gasteiger partial charge is 0.238 e. The zero-order valence-corrected chi connectivity index (χ0v) is 36.6. The highest BCUT2D eigenvalue weighted by Gasteiger charge is 2.62. The number of phenolic OH excluding ortho intramolecular Hbond substituents is 1. The second-order valence-electron chi connectivity index (χ2n) is 16.5. The number of methoxy groups -OCH3 is 5. The molecule has 3 fully saturated rings. The molecule has 12 heteroatoms. The van der Waals surface area contributed by atoms with Gasteiger partial charge >= 0.3 is 0 Å². The SMILES string of the molecule is COc1ccc(OC)c(C=Cc2ccc(N3C(=O)C4CC=C5C(CC6C(=O)N(c7ccc(C=Cc8cc(OC)ccc8OC)cc7)C(=O)C6C5c5cccc(OC)c5O)C4C3=O)cc2)c1. The van der Waals surface area contributed by atoms with E-state index in [1.165, 1.54) is 16.9 Å². The van der Waals surface area contributed by atoms with Crippen LogP contribution in [0.25, 0.3) is 24.3 Å². The number of carbonyl (C=O) groups excluding carboxylic acids is 4. The second-order valence-corrected chi connectivity index (χ2v) is 16.5. The van der Waals surface area contributed by atoms with Crippen LogP contribution in [0.1, 0.15) is 46.6 Å². The minimum Gasteiger partial charge on any atom is -0.504 e. The number of anilines is 2. The van der Waals surface area contributed by atoms with Crippen molar-refractivity contribution >= 4 is 59.3 Å². The summed E-state index contributed by atoms with van der Waals surface area (Å²) in [7, 11) is 7.85. The number of aromatic hydroxyl groups is 1. The van der Waals surface area contributed by atoms with E-state index >= 15 is 0 Å². The van der Waals surface area contributed by atoms with Gasteiger partial charge in [-0.3, -0.25) is 29.0 Å². The number of hydrogen-bond donors (Lipinski definition) is 1. The quantitative estimate of drug-likeness (QED) is 0.0735. The van der Waals surface area contributed by atoms with Gasteiger partial charge in [0.15, 0.2) is 11.5 Å². The average molecular weight is 873 g/mol. The van der Waals surface area contributed by atoms with Gasteiger partial charge in [-0.05, 0) is 96.6 Å². The van der Waals surface area contributed by atoms with Crippen molar-refractivity contribution in [1.29, 1.82) is 0 Å². The monoisotopic (exact) mass is 872 g/mol. The van der Waals surface area contributed by atoms with Gasteiger partial charge in [-0.15, -0.1) is 0 Å². The van der Waals surface area contributed by atoms with Crippen LogP contribution in [0.5, 0.6) is 34.5 Å². The maximum atomic E-state index is 14.8. The summed E-state index contributed by atoms with van der Waals surface area (Å²) >= 11 is 0. The van der Waals surface area contributed by atoms with Gasteiger partial charge < -0.3 is 28.8 Å². The van der Waals surface area contributed by atoms with Gasteiger partial charge in [0, 0.05) is 22.6 Å². The molecule has 1 saturated carbocycles. The third-order valence-corrected chi connectivity index (χ3v) is 13.3. The summed E-state index contributed by atoms with van der Waals surface area (Å²) in [6.07, 6.45) is 10.0. The van der Waals surface area contributed by atoms with Gasteiger partial charge in [-0.25, -0.2) is 0 Å². The molecule has 4 amide bonds. The second kappa shape index (κ2) is 17.5. The van der Waals surface area contributed by atoms with Crippen molar-refractivity contribution in [3.05, 3.63) is 143 Å². The Balaban J connectivity index is 1.01. The summed E-state index contributed by atoms with van der Waals surface area (Å²) in [4.78, 5) is 60.9. The summed E-state index contributed by atoms with van der Waals surface area (Å²) in [6, 6.07) is 30.5. The van der Waals surface area contributed by atoms with Gasteiger partial charge in [-0.2, -0.15) is 0 Å². The Bertz CT molecular complexity index is 2790. The fourth-order valence-corrected chi connectivity index (χ4v) is 10.2. The molecule has 1 N–H and O–H groups in total. The molecule has 2 aliphatic carbocycles. The van der Waals surface area contributed by atoms with E-state index in [1.807, 2.05) is 91.0 Å². The van der Waals surface area contributed by atoms with E-state index in [0.29, 0.717) is 39.9 Å². The molecular formula is C53H48N2O10. The minimum absolute atomic E-state index is 0.139. The molecule has 2 aliphatic heterocycles. The number of amides is 4. The third-order valence-electron chi connectivity index (χ3n) is 13.3. The molecular weight excluding hydrogens is 825 g/mol. The van der Waals surface area contributed by atoms with E-state index in [-0.39, 0.29) is 42.1 Å². The van der Waals surface area contributed by atoms with Gasteiger partial charge in [0.1, 0.15) is 23.0 Å². The maximum absolute atomic E-state index is 14.8. The first-order valence-corrected chi connectivity index (χ1v) is 21.4. The lowest BCUT2D eigenvalue weighted by molar-refractivity contribution is -0.126. The van der Waals surface area contributed by atoms with Crippen LogP contribution in [0.15, 0.2) is 115 Å². The van der Waals surface area contributed by atoms with Crippen LogP contribution >= 0.6 is 0 Å². The van der Waals surface area contributed by atoms with Crippen molar-refractivity contribution in [2.45, 2.75) is 18.8 Å². The van der Waals surface area contributed by atoms with Crippen LogP contribution in [0.2, 0.25) is 0 Å². The zero-order valence-electron chi connectivity index (χ0n) is 36.6. The highest BCUT2D eigenvalue weighted by molar-refractivity contribution is 6.24. The fraction of sp³-hybridized carbons (Fsp3) is 0.245. The Morgan fingerprint density at radius 3 is 1.54 bits per heavy atom. The molecule has 6 unspecified atom stereocenters. The number of carbonyl (C=O) groups is 4. The van der Waals surface area contributed by atoms with E-state index in [1.54, 1.807) is 70.9 Å². The van der Waals surface area contributed by atoms with Gasteiger partial charge in [0.2, 0.25) is 23.6 Å². The molecule has 330 valence electrons. The molecule has 0 bridgehead atoms. The molecule has 2 heterocycles. The molecule has 4 aliphatic rings. The summed E-state index contributed by atoms with van der Waals surface area (Å²) in [5, 5.41) is 11.6. The molecule has 0 spiro atoms. The van der Waals surface area contributed by atoms with Crippen molar-refractivity contribution in [1.82, 2.24) is 0 Å². The molecule has 0 aromatic heterocycles. The lowest BCUT2D eigenvalue weighted by Gasteiger charge is -2.44. The standard InChI is InChI=1S/C53H48N2O10/c1-61-36-21-25-43(63-3)32(27-36)15-9-30-11-17-34(18-12-30)54-50(57)40-24-23-38-41(47(40)52(54)59)29-42-48(46(38)39-7-6-8-45(65-5)49(39)56)53(60)55(51(42)58)35-19-13-31(14-20-35)10-16-33-28-37(62-2)22-26-44(33)64-4/h6-23,25-28,40-42,46-48,56H,24,29H2,1-5H3. The zero-order chi connectivity index (χ0) is 45.5. The van der Waals surface area contributed by atoms with E-state index in [0.717, 1.165) is 27.8 Å². The highest BCUT2D eigenvalue weighted by atomic mass is 16.5. The van der Waals surface area contributed by atoms with Crippen molar-refractivity contribution in [2.24, 2.45) is 29.6 Å². The van der Waals surface area contributed by atoms with Crippen molar-refractivity contribution in [2.75, 3.05) is 45.3 Å². The predicted octanol–water partition coefficient (Wildman–Crippen LogP) is 8.82. The molecule has 12 nitrogen and oxygen atoms in total. The van der Waals surface area contributed by atoms with E-state index in [9.17, 15) is 24.3 Å². The van der Waals surface area contributed by atoms with Crippen molar-refractivity contribution in [3.8, 4) is 34.5 Å². The van der Waals surface area contributed by atoms with E-state index in [2.05, 4.69) is 0 Å². The number of allylic oxidation sites excluding steroid dienone is 2. The maximum Gasteiger partial charge on any atom is 0.238 e. The predicted molar refractivity (Wildman–Crippen MR) is 247 cm³/mol. The van der Waals surface area contributed by atoms with Crippen LogP contribution in [-0.4, -0.2) is 64.3 Å². The number of benzene rings is 5. The summed E-state index contributed by atoms with van der Waals surface area (Å²) in [6.45, 7) is 0. The Morgan fingerprint density at radius 2 is 1.03 bits per heavy atom. The summed E-state index contributed by atoms with van der Waals surface area (Å²) < 4.78 is 27.3. The first-order valence-electron chi connectivity index (χ1n) is 21.4. The number of para-hydroxylation sites is 1. The molecule has 0 radical (unpaired) electrons. The topological polar surface area (TPSA) is 141 Å². The van der Waals surface area contributed by atoms with Crippen LogP contribution < -0.4 is 33.5 Å². The number of imide groups is 2. The lowest BCUT2D eigenvalue weighted by atomic mass is 9.57. The van der Waals surface area contributed by atoms with Crippen LogP contribution in [0.4, 0.5) is 11.4 Å². The molecule has 6 atom stereocenters. The van der Waals surface area contributed by atoms with Crippen molar-refractivity contribution < 1.29 is 48.0 Å². The molecule has 5 aromatic rings. The minimum atomic E-state index is -0.875. The third kappa shape index (κ3) is 7.48. The highest BCUT2D eigenvalue weighted by Crippen LogP contribution is 2.60. The van der Waals surface area contributed by atoms with Gasteiger partial charge in [0.25, 0.3) is 0 Å². The van der Waals surface area contributed by atoms with Crippen LogP contribution in [0.3, 0.4) is 0 Å². The van der Waals surface area contributed by atoms with E-state index in [4.69, 9.17) is 23.7 Å². The normalized spacial score (nSPS) is 22.5. The number of ether oxygens (including phenoxy) is 5. The van der Waals surface area contributed by atoms with E-state index < -0.39 is 41.4 Å². The number of phenols is 1. The molecule has 5 aromatic carbocycles. The van der Waals surface area contributed by atoms with Gasteiger partial charge in [-0.1, -0.05) is 72.4 Å². The average Bonchev–Trinajstić information content (AvgIpc) is 3.75. The van der Waals surface area contributed by atoms with Crippen LogP contribution in [0, 0.1) is 29.6 Å². The summed E-state index contributed by atoms with van der Waals surface area (Å²) in [5.74, 6) is -3.08. The Kier molecular flexibility index (Phi) is 11.5. The lowest BCUT2D eigenvalue weighted by Crippen LogP contribution is -2.43. The first kappa shape index (κ1) is 42.7. The number of hydrogen-bond acceptors (Lipinski definition) is 10. The van der Waals surface area contributed by atoms with Gasteiger partial charge in [0.05, 0.1) is 70.6 Å². The molecule has 65 heavy (non-hydrogen) atoms. The first-order chi connectivity index (χ1) is 31.6. The largest absolute Gasteiger partial charge is 0.504 e.